The van der Waals surface area contributed by atoms with Crippen molar-refractivity contribution in [3.8, 4) is 5.75 Å². The van der Waals surface area contributed by atoms with Crippen LogP contribution < -0.4 is 15.8 Å². The highest BCUT2D eigenvalue weighted by atomic mass is 35.5. The highest BCUT2D eigenvalue weighted by molar-refractivity contribution is 5.89. The molecule has 3 N–H and O–H groups in total. The van der Waals surface area contributed by atoms with Gasteiger partial charge in [0.05, 0.1) is 7.11 Å². The molecule has 1 atom stereocenters. The molecule has 5 nitrogen and oxygen atoms in total. The van der Waals surface area contributed by atoms with Gasteiger partial charge in [-0.05, 0) is 30.7 Å². The Morgan fingerprint density at radius 2 is 2.11 bits per heavy atom. The minimum Gasteiger partial charge on any atom is -0.497 e. The number of rotatable bonds is 2. The van der Waals surface area contributed by atoms with Gasteiger partial charge in [-0.1, -0.05) is 0 Å². The first-order chi connectivity index (χ1) is 8.19. The molecule has 1 unspecified atom stereocenters. The van der Waals surface area contributed by atoms with Crippen molar-refractivity contribution in [2.45, 2.75) is 12.5 Å². The number of amides is 2. The normalized spacial score (nSPS) is 18.1. The van der Waals surface area contributed by atoms with E-state index in [0.29, 0.717) is 6.54 Å². The molecule has 2 rings (SSSR count). The van der Waals surface area contributed by atoms with Crippen molar-refractivity contribution in [2.75, 3.05) is 25.5 Å². The summed E-state index contributed by atoms with van der Waals surface area (Å²) in [6, 6.07) is 7.26. The third kappa shape index (κ3) is 3.51. The van der Waals surface area contributed by atoms with Crippen LogP contribution in [-0.4, -0.2) is 37.2 Å². The van der Waals surface area contributed by atoms with Crippen molar-refractivity contribution < 1.29 is 9.53 Å². The van der Waals surface area contributed by atoms with Crippen LogP contribution in [0.3, 0.4) is 0 Å². The Kier molecular flexibility index (Phi) is 5.25. The number of ether oxygens (including phenoxy) is 1. The largest absolute Gasteiger partial charge is 0.497 e. The molecule has 0 aliphatic carbocycles. The zero-order chi connectivity index (χ0) is 12.3. The Labute approximate surface area is 113 Å². The summed E-state index contributed by atoms with van der Waals surface area (Å²) in [5, 5.41) is 2.83. The van der Waals surface area contributed by atoms with E-state index < -0.39 is 0 Å². The SMILES string of the molecule is COc1ccc(NC(=O)N2CCC(N)C2)cc1.Cl. The third-order valence-corrected chi connectivity index (χ3v) is 2.85. The molecule has 1 aliphatic heterocycles. The maximum Gasteiger partial charge on any atom is 0.321 e. The van der Waals surface area contributed by atoms with Gasteiger partial charge in [-0.25, -0.2) is 4.79 Å². The molecule has 1 fully saturated rings. The van der Waals surface area contributed by atoms with Gasteiger partial charge in [-0.3, -0.25) is 0 Å². The lowest BCUT2D eigenvalue weighted by atomic mass is 10.3. The predicted octanol–water partition coefficient (Wildman–Crippen LogP) is 1.68. The fourth-order valence-corrected chi connectivity index (χ4v) is 1.85. The summed E-state index contributed by atoms with van der Waals surface area (Å²) < 4.78 is 5.05. The number of nitrogens with zero attached hydrogens (tertiary/aromatic N) is 1. The highest BCUT2D eigenvalue weighted by Crippen LogP contribution is 2.16. The second kappa shape index (κ2) is 6.47. The van der Waals surface area contributed by atoms with E-state index in [4.69, 9.17) is 10.5 Å². The lowest BCUT2D eigenvalue weighted by Crippen LogP contribution is -2.35. The second-order valence-electron chi connectivity index (χ2n) is 4.15. The molecule has 18 heavy (non-hydrogen) atoms. The quantitative estimate of drug-likeness (QED) is 0.860. The summed E-state index contributed by atoms with van der Waals surface area (Å²) in [4.78, 5) is 13.6. The third-order valence-electron chi connectivity index (χ3n) is 2.85. The van der Waals surface area contributed by atoms with E-state index in [9.17, 15) is 4.79 Å². The van der Waals surface area contributed by atoms with Gasteiger partial charge in [0.15, 0.2) is 0 Å². The zero-order valence-corrected chi connectivity index (χ0v) is 11.1. The number of nitrogens with two attached hydrogens (primary N) is 1. The van der Waals surface area contributed by atoms with Gasteiger partial charge in [0.1, 0.15) is 5.75 Å². The molecule has 0 saturated carbocycles. The number of carbonyl (C=O) groups is 1. The van der Waals surface area contributed by atoms with Crippen molar-refractivity contribution in [3.63, 3.8) is 0 Å². The second-order valence-corrected chi connectivity index (χ2v) is 4.15. The van der Waals surface area contributed by atoms with E-state index in [1.165, 1.54) is 0 Å². The molecular formula is C12H18ClN3O2. The minimum absolute atomic E-state index is 0. The minimum atomic E-state index is -0.0943. The Hall–Kier alpha value is -1.46. The number of hydrogen-bond donors (Lipinski definition) is 2. The first-order valence-electron chi connectivity index (χ1n) is 5.64. The first-order valence-corrected chi connectivity index (χ1v) is 5.64. The van der Waals surface area contributed by atoms with Gasteiger partial charge in [0.2, 0.25) is 0 Å². The van der Waals surface area contributed by atoms with E-state index in [1.807, 2.05) is 24.3 Å². The summed E-state index contributed by atoms with van der Waals surface area (Å²) in [6.07, 6.45) is 0.871. The number of carbonyl (C=O) groups excluding carboxylic acids is 1. The fourth-order valence-electron chi connectivity index (χ4n) is 1.85. The summed E-state index contributed by atoms with van der Waals surface area (Å²) in [7, 11) is 1.61. The summed E-state index contributed by atoms with van der Waals surface area (Å²) >= 11 is 0. The number of benzene rings is 1. The molecule has 1 aliphatic rings. The fraction of sp³-hybridized carbons (Fsp3) is 0.417. The molecule has 2 amide bonds. The van der Waals surface area contributed by atoms with Gasteiger partial charge in [-0.15, -0.1) is 12.4 Å². The molecule has 1 saturated heterocycles. The van der Waals surface area contributed by atoms with Gasteiger partial charge >= 0.3 is 6.03 Å². The molecule has 0 bridgehead atoms. The molecule has 100 valence electrons. The number of halogens is 1. The molecule has 6 heteroatoms. The van der Waals surface area contributed by atoms with Crippen molar-refractivity contribution in [3.05, 3.63) is 24.3 Å². The van der Waals surface area contributed by atoms with Crippen LogP contribution >= 0.6 is 12.4 Å². The monoisotopic (exact) mass is 271 g/mol. The number of urea groups is 1. The lowest BCUT2D eigenvalue weighted by Gasteiger charge is -2.16. The summed E-state index contributed by atoms with van der Waals surface area (Å²) in [5.74, 6) is 0.770. The van der Waals surface area contributed by atoms with Crippen LogP contribution in [0.25, 0.3) is 0 Å². The number of anilines is 1. The van der Waals surface area contributed by atoms with E-state index in [-0.39, 0.29) is 24.5 Å². The van der Waals surface area contributed by atoms with Crippen LogP contribution in [0.1, 0.15) is 6.42 Å². The smallest absolute Gasteiger partial charge is 0.321 e. The molecule has 0 radical (unpaired) electrons. The Morgan fingerprint density at radius 1 is 1.44 bits per heavy atom. The predicted molar refractivity (Wildman–Crippen MR) is 73.4 cm³/mol. The van der Waals surface area contributed by atoms with Crippen molar-refractivity contribution in [1.29, 1.82) is 0 Å². The van der Waals surface area contributed by atoms with E-state index in [0.717, 1.165) is 24.4 Å². The number of hydrogen-bond acceptors (Lipinski definition) is 3. The Morgan fingerprint density at radius 3 is 2.61 bits per heavy atom. The maximum atomic E-state index is 11.8. The first kappa shape index (κ1) is 14.6. The van der Waals surface area contributed by atoms with Crippen LogP contribution in [0.5, 0.6) is 5.75 Å². The maximum absolute atomic E-state index is 11.8. The lowest BCUT2D eigenvalue weighted by molar-refractivity contribution is 0.222. The molecule has 0 aromatic heterocycles. The van der Waals surface area contributed by atoms with E-state index in [2.05, 4.69) is 5.32 Å². The van der Waals surface area contributed by atoms with Crippen LogP contribution in [-0.2, 0) is 0 Å². The molecule has 1 aromatic carbocycles. The number of nitrogens with one attached hydrogen (secondary N) is 1. The van der Waals surface area contributed by atoms with Gasteiger partial charge in [0.25, 0.3) is 0 Å². The average Bonchev–Trinajstić information content (AvgIpc) is 2.77. The van der Waals surface area contributed by atoms with Gasteiger partial charge in [0, 0.05) is 24.8 Å². The molecule has 0 spiro atoms. The van der Waals surface area contributed by atoms with Crippen LogP contribution in [0, 0.1) is 0 Å². The summed E-state index contributed by atoms with van der Waals surface area (Å²) in [6.45, 7) is 1.35. The molecule has 1 aromatic rings. The average molecular weight is 272 g/mol. The number of likely N-dealkylation sites (tertiary alicyclic amines) is 1. The molecule has 1 heterocycles. The van der Waals surface area contributed by atoms with Gasteiger partial charge < -0.3 is 20.7 Å². The number of methoxy groups -OCH3 is 1. The van der Waals surface area contributed by atoms with E-state index in [1.54, 1.807) is 12.0 Å². The van der Waals surface area contributed by atoms with Crippen molar-refractivity contribution in [1.82, 2.24) is 4.90 Å². The van der Waals surface area contributed by atoms with Crippen molar-refractivity contribution >= 4 is 24.1 Å². The summed E-state index contributed by atoms with van der Waals surface area (Å²) in [5.41, 5.74) is 6.52. The topological polar surface area (TPSA) is 67.6 Å². The van der Waals surface area contributed by atoms with Crippen LogP contribution in [0.4, 0.5) is 10.5 Å². The molecular weight excluding hydrogens is 254 g/mol. The zero-order valence-electron chi connectivity index (χ0n) is 10.3. The van der Waals surface area contributed by atoms with Crippen LogP contribution in [0.15, 0.2) is 24.3 Å². The van der Waals surface area contributed by atoms with Crippen LogP contribution in [0.2, 0.25) is 0 Å². The van der Waals surface area contributed by atoms with Crippen molar-refractivity contribution in [2.24, 2.45) is 5.73 Å². The Bertz CT molecular complexity index is 397. The highest BCUT2D eigenvalue weighted by Gasteiger charge is 2.23. The Balaban J connectivity index is 0.00000162. The van der Waals surface area contributed by atoms with E-state index >= 15 is 0 Å². The standard InChI is InChI=1S/C12H17N3O2.ClH/c1-17-11-4-2-10(3-5-11)14-12(16)15-7-6-9(13)8-15;/h2-5,9H,6-8,13H2,1H3,(H,14,16);1H. The van der Waals surface area contributed by atoms with Gasteiger partial charge in [-0.2, -0.15) is 0 Å².